The van der Waals surface area contributed by atoms with Gasteiger partial charge in [0.2, 0.25) is 0 Å². The highest BCUT2D eigenvalue weighted by Crippen LogP contribution is 2.14. The third-order valence-electron chi connectivity index (χ3n) is 2.99. The van der Waals surface area contributed by atoms with Gasteiger partial charge in [-0.2, -0.15) is 11.3 Å². The fourth-order valence-corrected chi connectivity index (χ4v) is 2.89. The van der Waals surface area contributed by atoms with E-state index in [9.17, 15) is 0 Å². The van der Waals surface area contributed by atoms with Crippen LogP contribution in [-0.2, 0) is 12.8 Å². The zero-order valence-corrected chi connectivity index (χ0v) is 12.5. The van der Waals surface area contributed by atoms with E-state index >= 15 is 0 Å². The van der Waals surface area contributed by atoms with Gasteiger partial charge in [0.25, 0.3) is 0 Å². The molecule has 1 atom stereocenters. The van der Waals surface area contributed by atoms with Crippen molar-refractivity contribution in [3.8, 4) is 0 Å². The standard InChI is InChI=1S/C14H17BrN2S/c15-13-4-1-11(2-5-13)9-14(17-16)6-3-12-7-8-18-10-12/h1-2,4-5,7-8,10,14,17H,3,6,9,16H2. The third kappa shape index (κ3) is 4.21. The Labute approximate surface area is 120 Å². The molecule has 3 N–H and O–H groups in total. The molecule has 1 unspecified atom stereocenters. The van der Waals surface area contributed by atoms with E-state index in [4.69, 9.17) is 5.84 Å². The highest BCUT2D eigenvalue weighted by Gasteiger charge is 2.08. The Hall–Kier alpha value is -0.680. The Bertz CT molecular complexity index is 453. The molecule has 0 aliphatic carbocycles. The number of hydrogen-bond donors (Lipinski definition) is 2. The van der Waals surface area contributed by atoms with Crippen molar-refractivity contribution in [1.82, 2.24) is 5.43 Å². The van der Waals surface area contributed by atoms with Crippen LogP contribution in [0.25, 0.3) is 0 Å². The minimum atomic E-state index is 0.325. The number of benzene rings is 1. The Kier molecular flexibility index (Phi) is 5.38. The van der Waals surface area contributed by atoms with E-state index in [1.54, 1.807) is 11.3 Å². The Morgan fingerprint density at radius 1 is 1.17 bits per heavy atom. The molecule has 0 fully saturated rings. The first-order valence-electron chi connectivity index (χ1n) is 5.99. The lowest BCUT2D eigenvalue weighted by Gasteiger charge is -2.15. The lowest BCUT2D eigenvalue weighted by Crippen LogP contribution is -2.37. The minimum absolute atomic E-state index is 0.325. The minimum Gasteiger partial charge on any atom is -0.271 e. The monoisotopic (exact) mass is 324 g/mol. The van der Waals surface area contributed by atoms with Gasteiger partial charge in [0, 0.05) is 10.5 Å². The van der Waals surface area contributed by atoms with Gasteiger partial charge in [-0.1, -0.05) is 28.1 Å². The van der Waals surface area contributed by atoms with Gasteiger partial charge in [0.1, 0.15) is 0 Å². The molecule has 0 radical (unpaired) electrons. The fraction of sp³-hybridized carbons (Fsp3) is 0.286. The summed E-state index contributed by atoms with van der Waals surface area (Å²) in [6.45, 7) is 0. The van der Waals surface area contributed by atoms with Crippen LogP contribution in [0.2, 0.25) is 0 Å². The SMILES string of the molecule is NNC(CCc1ccsc1)Cc1ccc(Br)cc1. The second kappa shape index (κ2) is 7.04. The maximum Gasteiger partial charge on any atom is 0.0254 e. The average molecular weight is 325 g/mol. The number of rotatable bonds is 6. The first-order chi connectivity index (χ1) is 8.78. The van der Waals surface area contributed by atoms with Crippen molar-refractivity contribution < 1.29 is 0 Å². The normalized spacial score (nSPS) is 12.6. The number of hydrogen-bond acceptors (Lipinski definition) is 3. The van der Waals surface area contributed by atoms with Gasteiger partial charge in [0.15, 0.2) is 0 Å². The van der Waals surface area contributed by atoms with E-state index in [0.717, 1.165) is 23.7 Å². The summed E-state index contributed by atoms with van der Waals surface area (Å²) in [5.41, 5.74) is 5.63. The van der Waals surface area contributed by atoms with Crippen LogP contribution in [0.5, 0.6) is 0 Å². The third-order valence-corrected chi connectivity index (χ3v) is 4.25. The zero-order valence-electron chi connectivity index (χ0n) is 10.1. The number of thiophene rings is 1. The molecule has 0 bridgehead atoms. The molecule has 2 rings (SSSR count). The predicted octanol–water partition coefficient (Wildman–Crippen LogP) is 3.52. The smallest absolute Gasteiger partial charge is 0.0254 e. The summed E-state index contributed by atoms with van der Waals surface area (Å²) in [5, 5.41) is 4.32. The summed E-state index contributed by atoms with van der Waals surface area (Å²) < 4.78 is 1.11. The largest absolute Gasteiger partial charge is 0.271 e. The summed E-state index contributed by atoms with van der Waals surface area (Å²) in [6, 6.07) is 10.9. The van der Waals surface area contributed by atoms with Crippen LogP contribution in [0, 0.1) is 0 Å². The van der Waals surface area contributed by atoms with Gasteiger partial charge in [-0.15, -0.1) is 0 Å². The number of nitrogens with two attached hydrogens (primary N) is 1. The van der Waals surface area contributed by atoms with Crippen molar-refractivity contribution in [2.24, 2.45) is 5.84 Å². The van der Waals surface area contributed by atoms with Crippen LogP contribution in [0.1, 0.15) is 17.5 Å². The van der Waals surface area contributed by atoms with Crippen LogP contribution in [0.4, 0.5) is 0 Å². The molecular formula is C14H17BrN2S. The van der Waals surface area contributed by atoms with Gasteiger partial charge in [0.05, 0.1) is 0 Å². The lowest BCUT2D eigenvalue weighted by atomic mass is 10.0. The summed E-state index contributed by atoms with van der Waals surface area (Å²) >= 11 is 5.19. The maximum absolute atomic E-state index is 5.63. The Morgan fingerprint density at radius 3 is 2.56 bits per heavy atom. The molecule has 0 aliphatic rings. The van der Waals surface area contributed by atoms with Crippen molar-refractivity contribution in [3.63, 3.8) is 0 Å². The van der Waals surface area contributed by atoms with Crippen LogP contribution in [-0.4, -0.2) is 6.04 Å². The molecule has 1 heterocycles. The predicted molar refractivity (Wildman–Crippen MR) is 81.6 cm³/mol. The van der Waals surface area contributed by atoms with Gasteiger partial charge >= 0.3 is 0 Å². The van der Waals surface area contributed by atoms with Gasteiger partial charge in [-0.25, -0.2) is 0 Å². The molecule has 0 spiro atoms. The van der Waals surface area contributed by atoms with Gasteiger partial charge in [-0.05, 0) is 59.3 Å². The van der Waals surface area contributed by atoms with Crippen LogP contribution in [0.3, 0.4) is 0 Å². The van der Waals surface area contributed by atoms with E-state index in [2.05, 4.69) is 62.4 Å². The van der Waals surface area contributed by atoms with Crippen molar-refractivity contribution in [1.29, 1.82) is 0 Å². The second-order valence-corrected chi connectivity index (χ2v) is 6.06. The molecule has 1 aromatic heterocycles. The van der Waals surface area contributed by atoms with E-state index in [0.29, 0.717) is 6.04 Å². The van der Waals surface area contributed by atoms with Crippen LogP contribution in [0.15, 0.2) is 45.6 Å². The summed E-state index contributed by atoms with van der Waals surface area (Å²) in [4.78, 5) is 0. The molecule has 2 aromatic rings. The number of nitrogens with one attached hydrogen (secondary N) is 1. The summed E-state index contributed by atoms with van der Waals surface area (Å²) in [7, 11) is 0. The van der Waals surface area contributed by atoms with Crippen LogP contribution < -0.4 is 11.3 Å². The van der Waals surface area contributed by atoms with Crippen LogP contribution >= 0.6 is 27.3 Å². The molecule has 0 aliphatic heterocycles. The number of halogens is 1. The molecule has 18 heavy (non-hydrogen) atoms. The fourth-order valence-electron chi connectivity index (χ4n) is 1.93. The quantitative estimate of drug-likeness (QED) is 0.630. The second-order valence-electron chi connectivity index (χ2n) is 4.36. The van der Waals surface area contributed by atoms with Gasteiger partial charge < -0.3 is 0 Å². The molecule has 0 saturated carbocycles. The lowest BCUT2D eigenvalue weighted by molar-refractivity contribution is 0.491. The highest BCUT2D eigenvalue weighted by molar-refractivity contribution is 9.10. The zero-order chi connectivity index (χ0) is 12.8. The molecule has 96 valence electrons. The van der Waals surface area contributed by atoms with E-state index < -0.39 is 0 Å². The molecule has 0 saturated heterocycles. The molecule has 1 aromatic carbocycles. The topological polar surface area (TPSA) is 38.0 Å². The summed E-state index contributed by atoms with van der Waals surface area (Å²) in [5.74, 6) is 5.63. The van der Waals surface area contributed by atoms with Crippen molar-refractivity contribution in [2.75, 3.05) is 0 Å². The van der Waals surface area contributed by atoms with Gasteiger partial charge in [-0.3, -0.25) is 11.3 Å². The molecule has 4 heteroatoms. The van der Waals surface area contributed by atoms with Crippen molar-refractivity contribution in [3.05, 3.63) is 56.7 Å². The number of hydrazine groups is 1. The van der Waals surface area contributed by atoms with E-state index in [1.165, 1.54) is 11.1 Å². The Balaban J connectivity index is 1.87. The number of aryl methyl sites for hydroxylation is 1. The Morgan fingerprint density at radius 2 is 1.94 bits per heavy atom. The van der Waals surface area contributed by atoms with E-state index in [-0.39, 0.29) is 0 Å². The molecular weight excluding hydrogens is 308 g/mol. The summed E-state index contributed by atoms with van der Waals surface area (Å²) in [6.07, 6.45) is 3.10. The highest BCUT2D eigenvalue weighted by atomic mass is 79.9. The van der Waals surface area contributed by atoms with Crippen molar-refractivity contribution in [2.45, 2.75) is 25.3 Å². The average Bonchev–Trinajstić information content (AvgIpc) is 2.90. The van der Waals surface area contributed by atoms with Crippen molar-refractivity contribution >= 4 is 27.3 Å². The molecule has 2 nitrogen and oxygen atoms in total. The first-order valence-corrected chi connectivity index (χ1v) is 7.73. The van der Waals surface area contributed by atoms with E-state index in [1.807, 2.05) is 0 Å². The first kappa shape index (κ1) is 13.7. The molecule has 0 amide bonds. The maximum atomic E-state index is 5.63.